The lowest BCUT2D eigenvalue weighted by molar-refractivity contribution is 0.104. The Morgan fingerprint density at radius 2 is 1.59 bits per heavy atom. The number of rotatable bonds is 4. The van der Waals surface area contributed by atoms with E-state index in [0.717, 1.165) is 26.5 Å². The molecule has 1 aromatic heterocycles. The molecule has 0 aliphatic rings. The summed E-state index contributed by atoms with van der Waals surface area (Å²) < 4.78 is 2.43. The highest BCUT2D eigenvalue weighted by atomic mass is 79.9. The van der Waals surface area contributed by atoms with Crippen molar-refractivity contribution in [3.05, 3.63) is 111 Å². The van der Waals surface area contributed by atoms with Gasteiger partial charge in [0.1, 0.15) is 0 Å². The molecular weight excluding hydrogens is 426 g/mol. The summed E-state index contributed by atoms with van der Waals surface area (Å²) >= 11 is 3.52. The first-order valence-corrected chi connectivity index (χ1v) is 10.0. The van der Waals surface area contributed by atoms with E-state index in [2.05, 4.69) is 15.9 Å². The number of fused-ring (bicyclic) bond motifs is 1. The van der Waals surface area contributed by atoms with Gasteiger partial charge in [-0.05, 0) is 35.4 Å². The van der Waals surface area contributed by atoms with Crippen molar-refractivity contribution in [2.24, 2.45) is 7.05 Å². The van der Waals surface area contributed by atoms with Gasteiger partial charge in [-0.3, -0.25) is 9.59 Å². The van der Waals surface area contributed by atoms with E-state index in [1.165, 1.54) is 10.6 Å². The highest BCUT2D eigenvalue weighted by Crippen LogP contribution is 2.32. The summed E-state index contributed by atoms with van der Waals surface area (Å²) in [6, 6.07) is 24.9. The van der Waals surface area contributed by atoms with Gasteiger partial charge in [-0.1, -0.05) is 82.7 Å². The lowest BCUT2D eigenvalue weighted by Crippen LogP contribution is -2.25. The first kappa shape index (κ1) is 19.1. The van der Waals surface area contributed by atoms with Gasteiger partial charge in [0.25, 0.3) is 5.56 Å². The second kappa shape index (κ2) is 8.02. The van der Waals surface area contributed by atoms with Crippen LogP contribution in [0.2, 0.25) is 0 Å². The van der Waals surface area contributed by atoms with Crippen molar-refractivity contribution < 1.29 is 4.79 Å². The van der Waals surface area contributed by atoms with Crippen LogP contribution in [0.3, 0.4) is 0 Å². The van der Waals surface area contributed by atoms with Crippen molar-refractivity contribution >= 4 is 38.7 Å². The summed E-state index contributed by atoms with van der Waals surface area (Å²) in [5.41, 5.74) is 3.05. The van der Waals surface area contributed by atoms with Gasteiger partial charge in [0, 0.05) is 22.5 Å². The first-order valence-electron chi connectivity index (χ1n) is 9.21. The van der Waals surface area contributed by atoms with Crippen molar-refractivity contribution in [2.45, 2.75) is 0 Å². The summed E-state index contributed by atoms with van der Waals surface area (Å²) in [6.07, 6.45) is 3.21. The minimum atomic E-state index is -0.310. The van der Waals surface area contributed by atoms with E-state index in [1.54, 1.807) is 13.1 Å². The number of carbonyl (C=O) groups excluding carboxylic acids is 1. The summed E-state index contributed by atoms with van der Waals surface area (Å²) in [4.78, 5) is 26.4. The summed E-state index contributed by atoms with van der Waals surface area (Å²) in [5, 5.41) is 0.851. The van der Waals surface area contributed by atoms with Gasteiger partial charge in [0.05, 0.1) is 11.1 Å². The summed E-state index contributed by atoms with van der Waals surface area (Å²) in [6.45, 7) is 0. The Labute approximate surface area is 177 Å². The normalized spacial score (nSPS) is 11.2. The average molecular weight is 444 g/mol. The molecule has 0 saturated carbocycles. The number of pyridine rings is 1. The molecule has 0 saturated heterocycles. The third kappa shape index (κ3) is 3.71. The van der Waals surface area contributed by atoms with Crippen LogP contribution in [0.15, 0.2) is 94.2 Å². The van der Waals surface area contributed by atoms with E-state index in [4.69, 9.17) is 0 Å². The molecule has 4 heteroatoms. The minimum absolute atomic E-state index is 0.177. The van der Waals surface area contributed by atoms with Crippen molar-refractivity contribution in [1.82, 2.24) is 4.57 Å². The van der Waals surface area contributed by atoms with Gasteiger partial charge in [-0.15, -0.1) is 0 Å². The molecule has 29 heavy (non-hydrogen) atoms. The molecule has 0 unspecified atom stereocenters. The van der Waals surface area contributed by atoms with Gasteiger partial charge in [0.15, 0.2) is 5.78 Å². The van der Waals surface area contributed by atoms with Crippen LogP contribution < -0.4 is 5.56 Å². The predicted octanol–water partition coefficient (Wildman–Crippen LogP) is 5.86. The number of benzene rings is 3. The molecule has 4 rings (SSSR count). The number of aryl methyl sites for hydroxylation is 1. The molecule has 1 heterocycles. The molecule has 142 valence electrons. The fraction of sp³-hybridized carbons (Fsp3) is 0.0400. The highest BCUT2D eigenvalue weighted by molar-refractivity contribution is 9.10. The van der Waals surface area contributed by atoms with Crippen LogP contribution in [0.1, 0.15) is 15.9 Å². The van der Waals surface area contributed by atoms with Gasteiger partial charge < -0.3 is 4.57 Å². The van der Waals surface area contributed by atoms with Crippen LogP contribution in [-0.2, 0) is 7.05 Å². The highest BCUT2D eigenvalue weighted by Gasteiger charge is 2.21. The number of carbonyl (C=O) groups is 1. The Morgan fingerprint density at radius 3 is 2.28 bits per heavy atom. The number of halogens is 1. The standard InChI is InChI=1S/C25H18BrNO2/c1-27-21-14-13-19(26)16-20(21)23(18-10-6-3-7-11-18)24(25(27)29)22(28)15-12-17-8-4-2-5-9-17/h2-16H,1H3/b15-12-. The smallest absolute Gasteiger partial charge is 0.262 e. The second-order valence-corrected chi connectivity index (χ2v) is 7.67. The van der Waals surface area contributed by atoms with Crippen LogP contribution in [0.5, 0.6) is 0 Å². The molecule has 3 nitrogen and oxygen atoms in total. The SMILES string of the molecule is Cn1c(=O)c(C(=O)/C=C\c2ccccc2)c(-c2ccccc2)c2cc(Br)ccc21. The molecule has 0 spiro atoms. The number of hydrogen-bond acceptors (Lipinski definition) is 2. The van der Waals surface area contributed by atoms with Crippen LogP contribution in [-0.4, -0.2) is 10.4 Å². The van der Waals surface area contributed by atoms with Gasteiger partial charge in [0.2, 0.25) is 0 Å². The fourth-order valence-electron chi connectivity index (χ4n) is 3.47. The number of aromatic nitrogens is 1. The zero-order valence-corrected chi connectivity index (χ0v) is 17.4. The van der Waals surface area contributed by atoms with E-state index >= 15 is 0 Å². The van der Waals surface area contributed by atoms with Crippen molar-refractivity contribution in [2.75, 3.05) is 0 Å². The van der Waals surface area contributed by atoms with E-state index in [-0.39, 0.29) is 16.9 Å². The maximum Gasteiger partial charge on any atom is 0.262 e. The quantitative estimate of drug-likeness (QED) is 0.292. The molecule has 0 amide bonds. The van der Waals surface area contributed by atoms with Gasteiger partial charge >= 0.3 is 0 Å². The number of nitrogens with zero attached hydrogens (tertiary/aromatic N) is 1. The van der Waals surface area contributed by atoms with Crippen LogP contribution in [0.4, 0.5) is 0 Å². The monoisotopic (exact) mass is 443 g/mol. The van der Waals surface area contributed by atoms with Gasteiger partial charge in [-0.25, -0.2) is 0 Å². The molecule has 0 radical (unpaired) electrons. The molecule has 0 atom stereocenters. The Bertz CT molecular complexity index is 1290. The Morgan fingerprint density at radius 1 is 0.931 bits per heavy atom. The largest absolute Gasteiger partial charge is 0.311 e. The maximum atomic E-state index is 13.2. The van der Waals surface area contributed by atoms with Crippen LogP contribution in [0, 0.1) is 0 Å². The van der Waals surface area contributed by atoms with Crippen LogP contribution in [0.25, 0.3) is 28.1 Å². The fourth-order valence-corrected chi connectivity index (χ4v) is 3.83. The molecule has 0 N–H and O–H groups in total. The first-order chi connectivity index (χ1) is 14.1. The number of ketones is 1. The molecule has 0 aliphatic heterocycles. The van der Waals surface area contributed by atoms with E-state index in [0.29, 0.717) is 5.56 Å². The minimum Gasteiger partial charge on any atom is -0.311 e. The lowest BCUT2D eigenvalue weighted by atomic mass is 9.93. The van der Waals surface area contributed by atoms with E-state index < -0.39 is 0 Å². The maximum absolute atomic E-state index is 13.2. The third-order valence-corrected chi connectivity index (χ3v) is 5.39. The summed E-state index contributed by atoms with van der Waals surface area (Å²) in [5.74, 6) is -0.310. The number of allylic oxidation sites excluding steroid dienone is 1. The Balaban J connectivity index is 2.00. The number of hydrogen-bond donors (Lipinski definition) is 0. The molecular formula is C25H18BrNO2. The zero-order chi connectivity index (χ0) is 20.4. The van der Waals surface area contributed by atoms with Gasteiger partial charge in [-0.2, -0.15) is 0 Å². The van der Waals surface area contributed by atoms with Crippen molar-refractivity contribution in [1.29, 1.82) is 0 Å². The van der Waals surface area contributed by atoms with Crippen molar-refractivity contribution in [3.63, 3.8) is 0 Å². The average Bonchev–Trinajstić information content (AvgIpc) is 2.75. The zero-order valence-electron chi connectivity index (χ0n) is 15.8. The third-order valence-electron chi connectivity index (χ3n) is 4.89. The molecule has 4 aromatic rings. The lowest BCUT2D eigenvalue weighted by Gasteiger charge is -2.15. The molecule has 0 bridgehead atoms. The van der Waals surface area contributed by atoms with E-state index in [9.17, 15) is 9.59 Å². The molecule has 3 aromatic carbocycles. The van der Waals surface area contributed by atoms with Crippen molar-refractivity contribution in [3.8, 4) is 11.1 Å². The second-order valence-electron chi connectivity index (χ2n) is 6.75. The molecule has 0 fully saturated rings. The topological polar surface area (TPSA) is 39.1 Å². The van der Waals surface area contributed by atoms with E-state index in [1.807, 2.05) is 78.9 Å². The Kier molecular flexibility index (Phi) is 5.28. The van der Waals surface area contributed by atoms with Crippen LogP contribution >= 0.6 is 15.9 Å². The Hall–Kier alpha value is -3.24. The molecule has 0 aliphatic carbocycles. The predicted molar refractivity (Wildman–Crippen MR) is 122 cm³/mol. The summed E-state index contributed by atoms with van der Waals surface area (Å²) in [7, 11) is 1.70.